The van der Waals surface area contributed by atoms with Crippen LogP contribution in [-0.2, 0) is 12.8 Å². The Balaban J connectivity index is 1.57. The number of carbonyl (C=O) groups is 1. The average Bonchev–Trinajstić information content (AvgIpc) is 3.07. The molecule has 3 aromatic rings. The quantitative estimate of drug-likeness (QED) is 0.389. The molecule has 0 radical (unpaired) electrons. The summed E-state index contributed by atoms with van der Waals surface area (Å²) in [6.07, 6.45) is -1.89. The maximum atomic E-state index is 14.1. The molecular formula is C26H25F3N2O3. The highest BCUT2D eigenvalue weighted by atomic mass is 19.1. The largest absolute Gasteiger partial charge is 0.465 e. The summed E-state index contributed by atoms with van der Waals surface area (Å²) in [6.45, 7) is 1.99. The molecule has 0 aromatic heterocycles. The second-order valence-corrected chi connectivity index (χ2v) is 8.45. The zero-order valence-corrected chi connectivity index (χ0v) is 18.5. The summed E-state index contributed by atoms with van der Waals surface area (Å²) < 4.78 is 41.2. The lowest BCUT2D eigenvalue weighted by Crippen LogP contribution is -2.48. The zero-order chi connectivity index (χ0) is 24.4. The molecule has 1 aliphatic rings. The van der Waals surface area contributed by atoms with Crippen molar-refractivity contribution in [2.75, 3.05) is 6.54 Å². The lowest BCUT2D eigenvalue weighted by Gasteiger charge is -2.25. The molecule has 0 aliphatic heterocycles. The normalized spacial score (nSPS) is 16.0. The summed E-state index contributed by atoms with van der Waals surface area (Å²) in [4.78, 5) is 11.3. The molecule has 4 rings (SSSR count). The van der Waals surface area contributed by atoms with Crippen molar-refractivity contribution >= 4 is 6.09 Å². The van der Waals surface area contributed by atoms with Crippen molar-refractivity contribution in [3.05, 3.63) is 94.3 Å². The van der Waals surface area contributed by atoms with Gasteiger partial charge in [-0.05, 0) is 70.5 Å². The molecule has 0 saturated carbocycles. The van der Waals surface area contributed by atoms with Crippen molar-refractivity contribution in [3.8, 4) is 11.1 Å². The van der Waals surface area contributed by atoms with Gasteiger partial charge < -0.3 is 20.8 Å². The minimum Gasteiger partial charge on any atom is -0.465 e. The first kappa shape index (κ1) is 23.8. The van der Waals surface area contributed by atoms with Gasteiger partial charge in [0.15, 0.2) is 0 Å². The van der Waals surface area contributed by atoms with Crippen molar-refractivity contribution in [1.29, 1.82) is 0 Å². The molecule has 4 N–H and O–H groups in total. The van der Waals surface area contributed by atoms with Crippen molar-refractivity contribution < 1.29 is 28.2 Å². The van der Waals surface area contributed by atoms with Gasteiger partial charge in [-0.3, -0.25) is 0 Å². The molecule has 3 aromatic carbocycles. The molecule has 1 unspecified atom stereocenters. The first-order valence-corrected chi connectivity index (χ1v) is 11.0. The molecule has 178 valence electrons. The summed E-state index contributed by atoms with van der Waals surface area (Å²) in [5.74, 6) is -1.96. The van der Waals surface area contributed by atoms with Crippen molar-refractivity contribution in [1.82, 2.24) is 10.6 Å². The Morgan fingerprint density at radius 2 is 1.56 bits per heavy atom. The van der Waals surface area contributed by atoms with Gasteiger partial charge in [-0.1, -0.05) is 31.2 Å². The monoisotopic (exact) mass is 470 g/mol. The number of aliphatic hydroxyl groups is 1. The predicted octanol–water partition coefficient (Wildman–Crippen LogP) is 4.57. The number of halogens is 3. The van der Waals surface area contributed by atoms with Crippen molar-refractivity contribution in [2.45, 2.75) is 38.0 Å². The van der Waals surface area contributed by atoms with Gasteiger partial charge in [0, 0.05) is 12.6 Å². The van der Waals surface area contributed by atoms with E-state index in [1.165, 1.54) is 12.1 Å². The number of fused-ring (bicyclic) bond motifs is 3. The number of hydrogen-bond acceptors (Lipinski definition) is 3. The smallest absolute Gasteiger partial charge is 0.404 e. The van der Waals surface area contributed by atoms with E-state index in [1.807, 2.05) is 25.1 Å². The number of benzene rings is 3. The number of aliphatic hydroxyl groups excluding tert-OH is 1. The van der Waals surface area contributed by atoms with E-state index in [0.29, 0.717) is 0 Å². The third-order valence-electron chi connectivity index (χ3n) is 6.13. The van der Waals surface area contributed by atoms with Crippen LogP contribution < -0.4 is 10.6 Å². The minimum atomic E-state index is -1.37. The van der Waals surface area contributed by atoms with Gasteiger partial charge in [0.1, 0.15) is 17.5 Å². The van der Waals surface area contributed by atoms with Crippen LogP contribution in [0.1, 0.15) is 35.2 Å². The molecule has 5 nitrogen and oxygen atoms in total. The minimum absolute atomic E-state index is 0.0425. The molecule has 0 bridgehead atoms. The van der Waals surface area contributed by atoms with Crippen LogP contribution in [0, 0.1) is 17.5 Å². The van der Waals surface area contributed by atoms with E-state index in [9.17, 15) is 28.2 Å². The van der Waals surface area contributed by atoms with Crippen LogP contribution in [0.2, 0.25) is 0 Å². The Kier molecular flexibility index (Phi) is 6.90. The van der Waals surface area contributed by atoms with Gasteiger partial charge in [0.25, 0.3) is 0 Å². The van der Waals surface area contributed by atoms with E-state index in [1.54, 1.807) is 6.07 Å². The van der Waals surface area contributed by atoms with E-state index in [0.717, 1.165) is 52.4 Å². The summed E-state index contributed by atoms with van der Waals surface area (Å²) in [7, 11) is 0. The molecule has 8 heteroatoms. The van der Waals surface area contributed by atoms with Crippen molar-refractivity contribution in [2.24, 2.45) is 0 Å². The van der Waals surface area contributed by atoms with E-state index < -0.39 is 35.9 Å². The number of carboxylic acid groups (broad SMARTS) is 1. The molecule has 1 amide bonds. The maximum absolute atomic E-state index is 14.1. The third-order valence-corrected chi connectivity index (χ3v) is 6.13. The topological polar surface area (TPSA) is 81.6 Å². The molecule has 0 saturated heterocycles. The van der Waals surface area contributed by atoms with Crippen LogP contribution in [0.5, 0.6) is 0 Å². The molecule has 0 heterocycles. The molecular weight excluding hydrogens is 445 g/mol. The summed E-state index contributed by atoms with van der Waals surface area (Å²) in [5.41, 5.74) is 4.85. The Morgan fingerprint density at radius 3 is 2.21 bits per heavy atom. The van der Waals surface area contributed by atoms with Crippen LogP contribution in [0.3, 0.4) is 0 Å². The number of aryl methyl sites for hydroxylation is 1. The second-order valence-electron chi connectivity index (χ2n) is 8.45. The lowest BCUT2D eigenvalue weighted by atomic mass is 9.99. The zero-order valence-electron chi connectivity index (χ0n) is 18.5. The molecule has 34 heavy (non-hydrogen) atoms. The number of rotatable bonds is 8. The van der Waals surface area contributed by atoms with E-state index in [-0.39, 0.29) is 24.3 Å². The van der Waals surface area contributed by atoms with E-state index in [4.69, 9.17) is 0 Å². The van der Waals surface area contributed by atoms with E-state index >= 15 is 0 Å². The highest BCUT2D eigenvalue weighted by Gasteiger charge is 2.31. The van der Waals surface area contributed by atoms with Gasteiger partial charge in [-0.15, -0.1) is 0 Å². The fraction of sp³-hybridized carbons (Fsp3) is 0.269. The van der Waals surface area contributed by atoms with Crippen LogP contribution in [0.15, 0.2) is 54.6 Å². The number of amides is 1. The lowest BCUT2D eigenvalue weighted by molar-refractivity contribution is 0.116. The molecule has 3 atom stereocenters. The summed E-state index contributed by atoms with van der Waals surface area (Å²) in [6, 6.07) is 12.1. The first-order chi connectivity index (χ1) is 16.2. The SMILES string of the molecule is CCc1ccc2c(c1)C(NC[C@H](O)[C@H](Cc1cc(F)cc(F)c1)NC(=O)O)c1cc(F)ccc1-2. The van der Waals surface area contributed by atoms with Crippen molar-refractivity contribution in [3.63, 3.8) is 0 Å². The van der Waals surface area contributed by atoms with Crippen LogP contribution in [0.25, 0.3) is 11.1 Å². The van der Waals surface area contributed by atoms with Gasteiger partial charge in [-0.2, -0.15) is 0 Å². The fourth-order valence-corrected chi connectivity index (χ4v) is 4.53. The highest BCUT2D eigenvalue weighted by Crippen LogP contribution is 2.44. The Morgan fingerprint density at radius 1 is 0.912 bits per heavy atom. The summed E-state index contributed by atoms with van der Waals surface area (Å²) >= 11 is 0. The van der Waals surface area contributed by atoms with Crippen LogP contribution >= 0.6 is 0 Å². The molecule has 1 aliphatic carbocycles. The first-order valence-electron chi connectivity index (χ1n) is 11.0. The van der Waals surface area contributed by atoms with E-state index in [2.05, 4.69) is 10.6 Å². The predicted molar refractivity (Wildman–Crippen MR) is 122 cm³/mol. The Hall–Kier alpha value is -3.36. The van der Waals surface area contributed by atoms with Gasteiger partial charge >= 0.3 is 6.09 Å². The van der Waals surface area contributed by atoms with Gasteiger partial charge in [-0.25, -0.2) is 18.0 Å². The van der Waals surface area contributed by atoms with Crippen LogP contribution in [-0.4, -0.2) is 35.0 Å². The summed E-state index contributed by atoms with van der Waals surface area (Å²) in [5, 5.41) is 25.5. The van der Waals surface area contributed by atoms with Gasteiger partial charge in [0.2, 0.25) is 0 Å². The second kappa shape index (κ2) is 9.87. The highest BCUT2D eigenvalue weighted by molar-refractivity contribution is 5.79. The third kappa shape index (κ3) is 5.08. The average molecular weight is 470 g/mol. The fourth-order valence-electron chi connectivity index (χ4n) is 4.53. The van der Waals surface area contributed by atoms with Crippen LogP contribution in [0.4, 0.5) is 18.0 Å². The Bertz CT molecular complexity index is 1200. The maximum Gasteiger partial charge on any atom is 0.404 e. The standard InChI is InChI=1S/C26H25F3N2O3/c1-2-14-3-5-19-20-6-4-16(27)12-22(20)25(21(19)9-14)30-13-24(32)23(31-26(33)34)10-15-7-17(28)11-18(29)8-15/h3-9,11-12,23-25,30-32H,2,10,13H2,1H3,(H,33,34)/t23-,24-,25?/m0/s1. The number of nitrogens with one attached hydrogen (secondary N) is 2. The molecule has 0 spiro atoms. The molecule has 0 fully saturated rings. The van der Waals surface area contributed by atoms with Gasteiger partial charge in [0.05, 0.1) is 18.2 Å². The number of hydrogen-bond donors (Lipinski definition) is 4. The Labute approximate surface area is 195 Å².